The number of aliphatic hydroxyl groups is 1. The molecule has 0 radical (unpaired) electrons. The molecule has 3 aromatic carbocycles. The van der Waals surface area contributed by atoms with Crippen LogP contribution < -0.4 is 5.32 Å². The van der Waals surface area contributed by atoms with Crippen LogP contribution in [0.3, 0.4) is 0 Å². The van der Waals surface area contributed by atoms with E-state index in [0.717, 1.165) is 27.6 Å². The van der Waals surface area contributed by atoms with Gasteiger partial charge in [-0.1, -0.05) is 65.3 Å². The van der Waals surface area contributed by atoms with E-state index >= 15 is 0 Å². The zero-order chi connectivity index (χ0) is 26.1. The van der Waals surface area contributed by atoms with Crippen LogP contribution in [0.25, 0.3) is 11.0 Å². The van der Waals surface area contributed by atoms with E-state index < -0.39 is 6.10 Å². The first kappa shape index (κ1) is 24.5. The Kier molecular flexibility index (Phi) is 6.68. The SMILES string of the molecule is Cc1ccc([C@H](NC(=O)Cc2ccc3oc([C@@H](O)c4c(C)noc4C)cc3c2)c2ccccc2)c(C)c1. The van der Waals surface area contributed by atoms with Gasteiger partial charge in [-0.3, -0.25) is 4.79 Å². The molecule has 0 spiro atoms. The molecule has 5 aromatic rings. The minimum absolute atomic E-state index is 0.0762. The van der Waals surface area contributed by atoms with Gasteiger partial charge >= 0.3 is 0 Å². The second-order valence-electron chi connectivity index (χ2n) is 9.61. The average Bonchev–Trinajstić information content (AvgIpc) is 3.45. The molecule has 0 fully saturated rings. The van der Waals surface area contributed by atoms with Crippen molar-refractivity contribution in [2.24, 2.45) is 0 Å². The van der Waals surface area contributed by atoms with Crippen molar-refractivity contribution in [3.05, 3.63) is 123 Å². The molecule has 188 valence electrons. The number of nitrogens with one attached hydrogen (secondary N) is 1. The second-order valence-corrected chi connectivity index (χ2v) is 9.61. The van der Waals surface area contributed by atoms with Crippen LogP contribution in [-0.4, -0.2) is 16.2 Å². The third kappa shape index (κ3) is 5.06. The number of rotatable bonds is 7. The molecule has 0 aliphatic rings. The zero-order valence-electron chi connectivity index (χ0n) is 21.4. The molecule has 5 rings (SSSR count). The van der Waals surface area contributed by atoms with Crippen molar-refractivity contribution in [2.75, 3.05) is 0 Å². The van der Waals surface area contributed by atoms with Gasteiger partial charge in [0.2, 0.25) is 5.91 Å². The van der Waals surface area contributed by atoms with E-state index in [-0.39, 0.29) is 18.4 Å². The number of hydrogen-bond acceptors (Lipinski definition) is 5. The number of aryl methyl sites for hydroxylation is 4. The Bertz CT molecular complexity index is 1550. The highest BCUT2D eigenvalue weighted by Crippen LogP contribution is 2.32. The highest BCUT2D eigenvalue weighted by Gasteiger charge is 2.24. The smallest absolute Gasteiger partial charge is 0.225 e. The van der Waals surface area contributed by atoms with E-state index in [2.05, 4.69) is 42.5 Å². The van der Waals surface area contributed by atoms with E-state index in [9.17, 15) is 9.90 Å². The Morgan fingerprint density at radius 2 is 1.76 bits per heavy atom. The third-order valence-electron chi connectivity index (χ3n) is 6.77. The predicted molar refractivity (Wildman–Crippen MR) is 142 cm³/mol. The minimum atomic E-state index is -0.977. The highest BCUT2D eigenvalue weighted by molar-refractivity contribution is 5.83. The van der Waals surface area contributed by atoms with Crippen molar-refractivity contribution in [2.45, 2.75) is 46.3 Å². The monoisotopic (exact) mass is 494 g/mol. The van der Waals surface area contributed by atoms with Crippen molar-refractivity contribution in [3.8, 4) is 0 Å². The maximum absolute atomic E-state index is 13.2. The second kappa shape index (κ2) is 10.1. The van der Waals surface area contributed by atoms with Crippen LogP contribution in [0.5, 0.6) is 0 Å². The molecule has 2 atom stereocenters. The van der Waals surface area contributed by atoms with E-state index in [4.69, 9.17) is 8.94 Å². The maximum Gasteiger partial charge on any atom is 0.225 e. The van der Waals surface area contributed by atoms with Gasteiger partial charge in [0.25, 0.3) is 0 Å². The molecule has 0 aliphatic carbocycles. The number of carbonyl (C=O) groups excluding carboxylic acids is 1. The molecular formula is C31H30N2O4. The first-order chi connectivity index (χ1) is 17.8. The Morgan fingerprint density at radius 3 is 2.46 bits per heavy atom. The average molecular weight is 495 g/mol. The van der Waals surface area contributed by atoms with Gasteiger partial charge in [0.05, 0.1) is 23.7 Å². The summed E-state index contributed by atoms with van der Waals surface area (Å²) in [7, 11) is 0. The van der Waals surface area contributed by atoms with E-state index in [1.807, 2.05) is 48.5 Å². The normalized spacial score (nSPS) is 13.0. The fourth-order valence-electron chi connectivity index (χ4n) is 4.91. The van der Waals surface area contributed by atoms with Crippen molar-refractivity contribution in [1.29, 1.82) is 0 Å². The molecule has 0 unspecified atom stereocenters. The van der Waals surface area contributed by atoms with Crippen LogP contribution in [0.1, 0.15) is 62.7 Å². The molecule has 37 heavy (non-hydrogen) atoms. The molecule has 2 heterocycles. The van der Waals surface area contributed by atoms with Crippen molar-refractivity contribution >= 4 is 16.9 Å². The van der Waals surface area contributed by atoms with Gasteiger partial charge in [-0.2, -0.15) is 0 Å². The molecular weight excluding hydrogens is 464 g/mol. The number of carbonyl (C=O) groups is 1. The largest absolute Gasteiger partial charge is 0.458 e. The number of nitrogens with zero attached hydrogens (tertiary/aromatic N) is 1. The van der Waals surface area contributed by atoms with Crippen LogP contribution in [0, 0.1) is 27.7 Å². The molecule has 6 heteroatoms. The van der Waals surface area contributed by atoms with Gasteiger partial charge < -0.3 is 19.4 Å². The number of hydrogen-bond donors (Lipinski definition) is 2. The Labute approximate surface area is 215 Å². The zero-order valence-corrected chi connectivity index (χ0v) is 21.4. The summed E-state index contributed by atoms with van der Waals surface area (Å²) in [5, 5.41) is 18.8. The van der Waals surface area contributed by atoms with Crippen molar-refractivity contribution < 1.29 is 18.8 Å². The molecule has 2 N–H and O–H groups in total. The molecule has 0 bridgehead atoms. The fraction of sp³-hybridized carbons (Fsp3) is 0.226. The third-order valence-corrected chi connectivity index (χ3v) is 6.77. The van der Waals surface area contributed by atoms with Crippen LogP contribution >= 0.6 is 0 Å². The number of benzene rings is 3. The number of aromatic nitrogens is 1. The molecule has 0 saturated carbocycles. The standard InChI is InChI=1S/C31H30N2O4/c1-18-10-12-25(19(2)14-18)30(23-8-6-5-7-9-23)32-28(34)16-22-11-13-26-24(15-22)17-27(36-26)31(35)29-20(3)33-37-21(29)4/h5-15,17,30-31,35H,16H2,1-4H3,(H,32,34)/t30-,31-/m1/s1. The van der Waals surface area contributed by atoms with E-state index in [1.54, 1.807) is 19.9 Å². The lowest BCUT2D eigenvalue weighted by Gasteiger charge is -2.22. The molecule has 0 aliphatic heterocycles. The van der Waals surface area contributed by atoms with Crippen LogP contribution in [0.4, 0.5) is 0 Å². The summed E-state index contributed by atoms with van der Waals surface area (Å²) in [4.78, 5) is 13.2. The quantitative estimate of drug-likeness (QED) is 0.282. The fourth-order valence-corrected chi connectivity index (χ4v) is 4.91. The van der Waals surface area contributed by atoms with Crippen LogP contribution in [0.15, 0.2) is 81.7 Å². The predicted octanol–water partition coefficient (Wildman–Crippen LogP) is 6.18. The van der Waals surface area contributed by atoms with Gasteiger partial charge in [0.1, 0.15) is 23.2 Å². The van der Waals surface area contributed by atoms with Gasteiger partial charge in [-0.15, -0.1) is 0 Å². The highest BCUT2D eigenvalue weighted by atomic mass is 16.5. The lowest BCUT2D eigenvalue weighted by atomic mass is 9.93. The molecule has 2 aromatic heterocycles. The molecule has 6 nitrogen and oxygen atoms in total. The van der Waals surface area contributed by atoms with E-state index in [0.29, 0.717) is 28.4 Å². The Morgan fingerprint density at radius 1 is 0.973 bits per heavy atom. The first-order valence-electron chi connectivity index (χ1n) is 12.3. The molecule has 0 saturated heterocycles. The topological polar surface area (TPSA) is 88.5 Å². The summed E-state index contributed by atoms with van der Waals surface area (Å²) in [5.41, 5.74) is 7.17. The summed E-state index contributed by atoms with van der Waals surface area (Å²) in [6.07, 6.45) is -0.758. The van der Waals surface area contributed by atoms with Gasteiger partial charge in [0, 0.05) is 5.39 Å². The van der Waals surface area contributed by atoms with Gasteiger partial charge in [0.15, 0.2) is 0 Å². The van der Waals surface area contributed by atoms with Gasteiger partial charge in [-0.05, 0) is 68.1 Å². The lowest BCUT2D eigenvalue weighted by molar-refractivity contribution is -0.120. The first-order valence-corrected chi connectivity index (χ1v) is 12.3. The number of furan rings is 1. The number of fused-ring (bicyclic) bond motifs is 1. The van der Waals surface area contributed by atoms with E-state index in [1.165, 1.54) is 5.56 Å². The summed E-state index contributed by atoms with van der Waals surface area (Å²) in [6.45, 7) is 7.69. The Balaban J connectivity index is 1.37. The Hall–Kier alpha value is -4.16. The lowest BCUT2D eigenvalue weighted by Crippen LogP contribution is -2.31. The number of amides is 1. The number of aliphatic hydroxyl groups excluding tert-OH is 1. The summed E-state index contributed by atoms with van der Waals surface area (Å²) in [5.74, 6) is 0.886. The maximum atomic E-state index is 13.2. The van der Waals surface area contributed by atoms with Crippen LogP contribution in [0.2, 0.25) is 0 Å². The summed E-state index contributed by atoms with van der Waals surface area (Å²) < 4.78 is 11.1. The minimum Gasteiger partial charge on any atom is -0.458 e. The van der Waals surface area contributed by atoms with Gasteiger partial charge in [-0.25, -0.2) is 0 Å². The van der Waals surface area contributed by atoms with Crippen molar-refractivity contribution in [3.63, 3.8) is 0 Å². The summed E-state index contributed by atoms with van der Waals surface area (Å²) >= 11 is 0. The van der Waals surface area contributed by atoms with Crippen molar-refractivity contribution in [1.82, 2.24) is 10.5 Å². The van der Waals surface area contributed by atoms with Crippen LogP contribution in [-0.2, 0) is 11.2 Å². The molecule has 1 amide bonds. The summed E-state index contributed by atoms with van der Waals surface area (Å²) in [6, 6.07) is 23.5.